The van der Waals surface area contributed by atoms with Crippen LogP contribution in [0.15, 0.2) is 42.5 Å². The Balaban J connectivity index is 1.74. The molecule has 1 amide bonds. The molecule has 0 saturated heterocycles. The molecular weight excluding hydrogens is 385 g/mol. The predicted molar refractivity (Wildman–Crippen MR) is 97.9 cm³/mol. The van der Waals surface area contributed by atoms with E-state index in [9.17, 15) is 18.0 Å². The summed E-state index contributed by atoms with van der Waals surface area (Å²) in [7, 11) is 0. The summed E-state index contributed by atoms with van der Waals surface area (Å²) in [5, 5.41) is 2.97. The Labute approximate surface area is 155 Å². The summed E-state index contributed by atoms with van der Waals surface area (Å²) in [4.78, 5) is 16.5. The number of amides is 1. The van der Waals surface area contributed by atoms with Crippen LogP contribution in [0, 0.1) is 0 Å². The number of thioether (sulfide) groups is 1. The molecule has 0 aliphatic rings. The normalized spacial score (nSPS) is 11.5. The molecule has 0 aliphatic carbocycles. The molecule has 0 aliphatic heterocycles. The highest BCUT2D eigenvalue weighted by atomic mass is 32.2. The number of aromatic nitrogens is 1. The average Bonchev–Trinajstić information content (AvgIpc) is 2.95. The van der Waals surface area contributed by atoms with Gasteiger partial charge in [-0.1, -0.05) is 23.5 Å². The third kappa shape index (κ3) is 4.67. The first-order valence-electron chi connectivity index (χ1n) is 7.39. The number of carbonyl (C=O) groups is 1. The van der Waals surface area contributed by atoms with Crippen molar-refractivity contribution >= 4 is 44.4 Å². The lowest BCUT2D eigenvalue weighted by atomic mass is 10.1. The number of benzene rings is 2. The maximum Gasteiger partial charge on any atom is 0.573 e. The Morgan fingerprint density at radius 3 is 2.62 bits per heavy atom. The van der Waals surface area contributed by atoms with Crippen molar-refractivity contribution in [3.8, 4) is 5.75 Å². The Kier molecular flexibility index (Phi) is 5.38. The maximum absolute atomic E-state index is 12.3. The highest BCUT2D eigenvalue weighted by molar-refractivity contribution is 7.97. The van der Waals surface area contributed by atoms with Gasteiger partial charge in [-0.05, 0) is 36.1 Å². The van der Waals surface area contributed by atoms with Crippen molar-refractivity contribution in [3.63, 3.8) is 0 Å². The summed E-state index contributed by atoms with van der Waals surface area (Å²) in [5.74, 6) is 0.213. The zero-order valence-corrected chi connectivity index (χ0v) is 15.1. The maximum atomic E-state index is 12.3. The van der Waals surface area contributed by atoms with Gasteiger partial charge in [0.1, 0.15) is 5.75 Å². The largest absolute Gasteiger partial charge is 0.573 e. The second-order valence-electron chi connectivity index (χ2n) is 5.28. The molecule has 3 rings (SSSR count). The van der Waals surface area contributed by atoms with Crippen molar-refractivity contribution < 1.29 is 22.7 Å². The molecule has 26 heavy (non-hydrogen) atoms. The first-order valence-corrected chi connectivity index (χ1v) is 9.61. The van der Waals surface area contributed by atoms with Crippen molar-refractivity contribution in [2.45, 2.75) is 12.1 Å². The summed E-state index contributed by atoms with van der Waals surface area (Å²) in [6.07, 6.45) is -2.75. The third-order valence-corrected chi connectivity index (χ3v) is 4.90. The number of rotatable bonds is 5. The molecule has 1 N–H and O–H groups in total. The van der Waals surface area contributed by atoms with Crippen LogP contribution in [0.4, 0.5) is 18.3 Å². The van der Waals surface area contributed by atoms with Gasteiger partial charge in [0.25, 0.3) is 5.91 Å². The molecule has 1 heterocycles. The number of hydrogen-bond donors (Lipinski definition) is 1. The van der Waals surface area contributed by atoms with Gasteiger partial charge in [0.15, 0.2) is 5.13 Å². The van der Waals surface area contributed by atoms with Crippen molar-refractivity contribution in [3.05, 3.63) is 53.6 Å². The standard InChI is InChI=1S/C17H13F3N2O2S2/c1-25-9-10-2-4-11(5-3-10)15(23)22-16-21-13-7-6-12(8-14(13)26-16)24-17(18,19)20/h2-8H,9H2,1H3,(H,21,22,23). The SMILES string of the molecule is CSCc1ccc(C(=O)Nc2nc3ccc(OC(F)(F)F)cc3s2)cc1. The topological polar surface area (TPSA) is 51.2 Å². The van der Waals surface area contributed by atoms with Crippen LogP contribution in [0.5, 0.6) is 5.75 Å². The number of nitrogens with zero attached hydrogens (tertiary/aromatic N) is 1. The van der Waals surface area contributed by atoms with Gasteiger partial charge in [-0.2, -0.15) is 11.8 Å². The molecule has 0 radical (unpaired) electrons. The molecule has 0 saturated carbocycles. The first-order chi connectivity index (χ1) is 12.3. The Hall–Kier alpha value is -2.26. The first kappa shape index (κ1) is 18.5. The van der Waals surface area contributed by atoms with E-state index >= 15 is 0 Å². The molecule has 136 valence electrons. The molecular formula is C17H13F3N2O2S2. The van der Waals surface area contributed by atoms with Crippen LogP contribution < -0.4 is 10.1 Å². The molecule has 1 aromatic heterocycles. The van der Waals surface area contributed by atoms with E-state index in [1.807, 2.05) is 18.4 Å². The molecule has 0 atom stereocenters. The number of nitrogens with one attached hydrogen (secondary N) is 1. The van der Waals surface area contributed by atoms with Gasteiger partial charge in [-0.15, -0.1) is 13.2 Å². The van der Waals surface area contributed by atoms with Gasteiger partial charge in [0.2, 0.25) is 0 Å². The molecule has 2 aromatic carbocycles. The lowest BCUT2D eigenvalue weighted by Crippen LogP contribution is -2.16. The number of carbonyl (C=O) groups excluding carboxylic acids is 1. The lowest BCUT2D eigenvalue weighted by Gasteiger charge is -2.07. The van der Waals surface area contributed by atoms with E-state index in [0.29, 0.717) is 20.9 Å². The highest BCUT2D eigenvalue weighted by Crippen LogP contribution is 2.31. The monoisotopic (exact) mass is 398 g/mol. The van der Waals surface area contributed by atoms with Gasteiger partial charge in [-0.3, -0.25) is 10.1 Å². The average molecular weight is 398 g/mol. The minimum atomic E-state index is -4.75. The summed E-state index contributed by atoms with van der Waals surface area (Å²) < 4.78 is 41.2. The van der Waals surface area contributed by atoms with Crippen LogP contribution in [0.3, 0.4) is 0 Å². The lowest BCUT2D eigenvalue weighted by molar-refractivity contribution is -0.274. The zero-order chi connectivity index (χ0) is 18.7. The predicted octanol–water partition coefficient (Wildman–Crippen LogP) is 5.31. The fourth-order valence-electron chi connectivity index (χ4n) is 2.24. The molecule has 9 heteroatoms. The Morgan fingerprint density at radius 2 is 1.96 bits per heavy atom. The van der Waals surface area contributed by atoms with Crippen LogP contribution in [-0.4, -0.2) is 23.5 Å². The van der Waals surface area contributed by atoms with E-state index in [1.165, 1.54) is 18.2 Å². The van der Waals surface area contributed by atoms with Crippen LogP contribution in [0.25, 0.3) is 10.2 Å². The summed E-state index contributed by atoms with van der Waals surface area (Å²) in [5.41, 5.74) is 2.08. The summed E-state index contributed by atoms with van der Waals surface area (Å²) in [6, 6.07) is 11.1. The molecule has 4 nitrogen and oxygen atoms in total. The summed E-state index contributed by atoms with van der Waals surface area (Å²) in [6.45, 7) is 0. The van der Waals surface area contributed by atoms with E-state index in [-0.39, 0.29) is 11.7 Å². The second kappa shape index (κ2) is 7.55. The number of fused-ring (bicyclic) bond motifs is 1. The second-order valence-corrected chi connectivity index (χ2v) is 7.18. The third-order valence-electron chi connectivity index (χ3n) is 3.34. The minimum Gasteiger partial charge on any atom is -0.406 e. The van der Waals surface area contributed by atoms with Crippen molar-refractivity contribution in [2.24, 2.45) is 0 Å². The van der Waals surface area contributed by atoms with Crippen molar-refractivity contribution in [1.29, 1.82) is 0 Å². The van der Waals surface area contributed by atoms with E-state index in [4.69, 9.17) is 0 Å². The zero-order valence-electron chi connectivity index (χ0n) is 13.5. The van der Waals surface area contributed by atoms with Crippen LogP contribution in [-0.2, 0) is 5.75 Å². The number of anilines is 1. The van der Waals surface area contributed by atoms with E-state index in [0.717, 1.165) is 22.7 Å². The van der Waals surface area contributed by atoms with Crippen LogP contribution >= 0.6 is 23.1 Å². The Bertz CT molecular complexity index is 924. The minimum absolute atomic E-state index is 0.308. The number of thiazole rings is 1. The van der Waals surface area contributed by atoms with Gasteiger partial charge < -0.3 is 4.74 Å². The van der Waals surface area contributed by atoms with Crippen molar-refractivity contribution in [1.82, 2.24) is 4.98 Å². The van der Waals surface area contributed by atoms with Gasteiger partial charge >= 0.3 is 6.36 Å². The van der Waals surface area contributed by atoms with E-state index in [1.54, 1.807) is 23.9 Å². The van der Waals surface area contributed by atoms with Crippen molar-refractivity contribution in [2.75, 3.05) is 11.6 Å². The highest BCUT2D eigenvalue weighted by Gasteiger charge is 2.31. The number of hydrogen-bond acceptors (Lipinski definition) is 5. The fraction of sp³-hybridized carbons (Fsp3) is 0.176. The molecule has 0 bridgehead atoms. The molecule has 3 aromatic rings. The molecule has 0 unspecified atom stereocenters. The molecule has 0 spiro atoms. The quantitative estimate of drug-likeness (QED) is 0.633. The Morgan fingerprint density at radius 1 is 1.23 bits per heavy atom. The number of ether oxygens (including phenoxy) is 1. The smallest absolute Gasteiger partial charge is 0.406 e. The summed E-state index contributed by atoms with van der Waals surface area (Å²) >= 11 is 2.77. The number of halogens is 3. The van der Waals surface area contributed by atoms with E-state index in [2.05, 4.69) is 15.0 Å². The van der Waals surface area contributed by atoms with E-state index < -0.39 is 6.36 Å². The molecule has 0 fully saturated rings. The fourth-order valence-corrected chi connectivity index (χ4v) is 3.66. The van der Waals surface area contributed by atoms with Gasteiger partial charge in [0, 0.05) is 17.4 Å². The van der Waals surface area contributed by atoms with Gasteiger partial charge in [0.05, 0.1) is 10.2 Å². The van der Waals surface area contributed by atoms with Crippen LogP contribution in [0.1, 0.15) is 15.9 Å². The van der Waals surface area contributed by atoms with Crippen LogP contribution in [0.2, 0.25) is 0 Å². The van der Waals surface area contributed by atoms with Gasteiger partial charge in [-0.25, -0.2) is 4.98 Å². The number of alkyl halides is 3.